The minimum Gasteiger partial charge on any atom is -0.479 e. The predicted octanol–water partition coefficient (Wildman–Crippen LogP) is 1.45. The lowest BCUT2D eigenvalue weighted by molar-refractivity contribution is -0.139. The summed E-state index contributed by atoms with van der Waals surface area (Å²) in [5, 5.41) is 8.24. The van der Waals surface area contributed by atoms with Crippen LogP contribution in [-0.2, 0) is 4.79 Å². The van der Waals surface area contributed by atoms with Crippen LogP contribution in [0.4, 0.5) is 4.39 Å². The molecular weight excluding hydrogens is 245 g/mol. The molecule has 0 aromatic carbocycles. The average Bonchev–Trinajstić information content (AvgIpc) is 2.02. The number of hydrogen-bond acceptors (Lipinski definition) is 3. The van der Waals surface area contributed by atoms with Crippen molar-refractivity contribution in [2.24, 2.45) is 0 Å². The zero-order valence-electron chi connectivity index (χ0n) is 6.33. The Morgan fingerprint density at radius 1 is 1.77 bits per heavy atom. The third-order valence-electron chi connectivity index (χ3n) is 1.11. The average molecular weight is 250 g/mol. The Kier molecular flexibility index (Phi) is 3.18. The van der Waals surface area contributed by atoms with Crippen LogP contribution in [0.25, 0.3) is 0 Å². The van der Waals surface area contributed by atoms with Gasteiger partial charge in [0.25, 0.3) is 5.88 Å². The molecule has 0 saturated carbocycles. The van der Waals surface area contributed by atoms with Crippen molar-refractivity contribution in [2.75, 3.05) is 6.61 Å². The number of carboxylic acids is 1. The van der Waals surface area contributed by atoms with Gasteiger partial charge in [0.1, 0.15) is 0 Å². The van der Waals surface area contributed by atoms with Gasteiger partial charge in [0.15, 0.2) is 12.4 Å². The number of halogens is 2. The van der Waals surface area contributed by atoms with Gasteiger partial charge in [0.05, 0.1) is 0 Å². The van der Waals surface area contributed by atoms with Crippen molar-refractivity contribution >= 4 is 21.9 Å². The number of nitrogens with zero attached hydrogens (tertiary/aromatic N) is 1. The Morgan fingerprint density at radius 2 is 2.46 bits per heavy atom. The molecule has 1 N–H and O–H groups in total. The molecule has 4 nitrogen and oxygen atoms in total. The molecule has 0 bridgehead atoms. The third kappa shape index (κ3) is 2.98. The van der Waals surface area contributed by atoms with Crippen LogP contribution in [0.5, 0.6) is 5.88 Å². The van der Waals surface area contributed by atoms with E-state index in [4.69, 9.17) is 5.11 Å². The second-order valence-corrected chi connectivity index (χ2v) is 3.04. The predicted molar refractivity (Wildman–Crippen MR) is 45.0 cm³/mol. The van der Waals surface area contributed by atoms with Gasteiger partial charge in [-0.25, -0.2) is 14.2 Å². The normalized spacial score (nSPS) is 9.69. The van der Waals surface area contributed by atoms with Crippen LogP contribution < -0.4 is 4.74 Å². The molecule has 70 valence electrons. The fourth-order valence-electron chi connectivity index (χ4n) is 0.638. The van der Waals surface area contributed by atoms with Crippen molar-refractivity contribution in [3.05, 3.63) is 22.6 Å². The second kappa shape index (κ2) is 4.18. The topological polar surface area (TPSA) is 59.4 Å². The zero-order chi connectivity index (χ0) is 9.84. The second-order valence-electron chi connectivity index (χ2n) is 2.12. The van der Waals surface area contributed by atoms with E-state index >= 15 is 0 Å². The Labute approximate surface area is 81.5 Å². The molecule has 0 amide bonds. The molecule has 1 heterocycles. The molecule has 0 aliphatic heterocycles. The summed E-state index contributed by atoms with van der Waals surface area (Å²) < 4.78 is 17.9. The van der Waals surface area contributed by atoms with Gasteiger partial charge in [-0.3, -0.25) is 0 Å². The summed E-state index contributed by atoms with van der Waals surface area (Å²) in [6.07, 6.45) is 1.32. The Bertz CT molecular complexity index is 332. The summed E-state index contributed by atoms with van der Waals surface area (Å²) in [4.78, 5) is 13.6. The molecule has 1 rings (SSSR count). The van der Waals surface area contributed by atoms with E-state index in [-0.39, 0.29) is 5.88 Å². The van der Waals surface area contributed by atoms with Crippen molar-refractivity contribution in [3.8, 4) is 5.88 Å². The molecule has 0 unspecified atom stereocenters. The van der Waals surface area contributed by atoms with E-state index in [1.165, 1.54) is 6.20 Å². The number of aliphatic carboxylic acids is 1. The summed E-state index contributed by atoms with van der Waals surface area (Å²) in [5.41, 5.74) is 0. The summed E-state index contributed by atoms with van der Waals surface area (Å²) in [6.45, 7) is -0.606. The van der Waals surface area contributed by atoms with Gasteiger partial charge >= 0.3 is 5.97 Å². The van der Waals surface area contributed by atoms with Gasteiger partial charge in [0, 0.05) is 10.7 Å². The molecule has 0 saturated heterocycles. The maximum Gasteiger partial charge on any atom is 0.341 e. The quantitative estimate of drug-likeness (QED) is 0.881. The van der Waals surface area contributed by atoms with E-state index in [9.17, 15) is 9.18 Å². The van der Waals surface area contributed by atoms with Crippen molar-refractivity contribution in [1.29, 1.82) is 0 Å². The first-order chi connectivity index (χ1) is 6.09. The molecule has 1 aromatic heterocycles. The minimum atomic E-state index is -1.18. The Hall–Kier alpha value is -1.17. The fourth-order valence-corrected chi connectivity index (χ4v) is 0.942. The lowest BCUT2D eigenvalue weighted by Gasteiger charge is -2.02. The SMILES string of the molecule is O=C(O)COc1ncc(Br)cc1F. The lowest BCUT2D eigenvalue weighted by atomic mass is 10.5. The standard InChI is InChI=1S/C7H5BrFNO3/c8-4-1-5(9)7(10-2-4)13-3-6(11)12/h1-2H,3H2,(H,11,12). The molecule has 0 atom stereocenters. The summed E-state index contributed by atoms with van der Waals surface area (Å²) in [7, 11) is 0. The van der Waals surface area contributed by atoms with Crippen molar-refractivity contribution < 1.29 is 19.0 Å². The first-order valence-electron chi connectivity index (χ1n) is 3.25. The van der Waals surface area contributed by atoms with Crippen LogP contribution in [0, 0.1) is 5.82 Å². The highest BCUT2D eigenvalue weighted by molar-refractivity contribution is 9.10. The van der Waals surface area contributed by atoms with Gasteiger partial charge in [-0.15, -0.1) is 0 Å². The number of ether oxygens (including phenoxy) is 1. The van der Waals surface area contributed by atoms with Gasteiger partial charge in [-0.05, 0) is 22.0 Å². The fraction of sp³-hybridized carbons (Fsp3) is 0.143. The van der Waals surface area contributed by atoms with Gasteiger partial charge < -0.3 is 9.84 Å². The smallest absolute Gasteiger partial charge is 0.341 e. The van der Waals surface area contributed by atoms with E-state index in [0.717, 1.165) is 6.07 Å². The van der Waals surface area contributed by atoms with Crippen LogP contribution in [0.3, 0.4) is 0 Å². The van der Waals surface area contributed by atoms with Crippen LogP contribution in [0.2, 0.25) is 0 Å². The number of carbonyl (C=O) groups is 1. The number of aromatic nitrogens is 1. The largest absolute Gasteiger partial charge is 0.479 e. The number of pyridine rings is 1. The van der Waals surface area contributed by atoms with E-state index < -0.39 is 18.4 Å². The minimum absolute atomic E-state index is 0.314. The van der Waals surface area contributed by atoms with E-state index in [0.29, 0.717) is 4.47 Å². The van der Waals surface area contributed by atoms with Crippen molar-refractivity contribution in [1.82, 2.24) is 4.98 Å². The monoisotopic (exact) mass is 249 g/mol. The molecule has 0 aliphatic rings. The van der Waals surface area contributed by atoms with Crippen molar-refractivity contribution in [2.45, 2.75) is 0 Å². The van der Waals surface area contributed by atoms with Crippen LogP contribution in [0.15, 0.2) is 16.7 Å². The highest BCUT2D eigenvalue weighted by Crippen LogP contribution is 2.17. The van der Waals surface area contributed by atoms with Crippen LogP contribution in [0.1, 0.15) is 0 Å². The van der Waals surface area contributed by atoms with Gasteiger partial charge in [0.2, 0.25) is 0 Å². The van der Waals surface area contributed by atoms with Crippen LogP contribution in [-0.4, -0.2) is 22.7 Å². The van der Waals surface area contributed by atoms with E-state index in [1.807, 2.05) is 0 Å². The van der Waals surface area contributed by atoms with Gasteiger partial charge in [-0.2, -0.15) is 0 Å². The molecule has 0 fully saturated rings. The van der Waals surface area contributed by atoms with E-state index in [1.54, 1.807) is 0 Å². The maximum atomic E-state index is 12.9. The lowest BCUT2D eigenvalue weighted by Crippen LogP contribution is -2.11. The third-order valence-corrected chi connectivity index (χ3v) is 1.54. The number of rotatable bonds is 3. The zero-order valence-corrected chi connectivity index (χ0v) is 7.91. The summed E-state index contributed by atoms with van der Waals surface area (Å²) in [5.74, 6) is -2.19. The Balaban J connectivity index is 2.72. The van der Waals surface area contributed by atoms with Crippen molar-refractivity contribution in [3.63, 3.8) is 0 Å². The highest BCUT2D eigenvalue weighted by Gasteiger charge is 2.07. The number of hydrogen-bond donors (Lipinski definition) is 1. The van der Waals surface area contributed by atoms with Crippen LogP contribution >= 0.6 is 15.9 Å². The molecule has 0 aliphatic carbocycles. The van der Waals surface area contributed by atoms with Gasteiger partial charge in [-0.1, -0.05) is 0 Å². The molecule has 0 radical (unpaired) electrons. The molecule has 0 spiro atoms. The molecule has 13 heavy (non-hydrogen) atoms. The van der Waals surface area contributed by atoms with E-state index in [2.05, 4.69) is 25.7 Å². The summed E-state index contributed by atoms with van der Waals surface area (Å²) in [6, 6.07) is 1.14. The molecular formula is C7H5BrFNO3. The summed E-state index contributed by atoms with van der Waals surface area (Å²) >= 11 is 3.00. The highest BCUT2D eigenvalue weighted by atomic mass is 79.9. The molecule has 6 heteroatoms. The first kappa shape index (κ1) is 9.91. The first-order valence-corrected chi connectivity index (χ1v) is 4.04. The maximum absolute atomic E-state index is 12.9. The molecule has 1 aromatic rings. The Morgan fingerprint density at radius 3 is 3.00 bits per heavy atom. The number of carboxylic acid groups (broad SMARTS) is 1.